The molecule has 1 fully saturated rings. The summed E-state index contributed by atoms with van der Waals surface area (Å²) in [6.45, 7) is 0.838. The van der Waals surface area contributed by atoms with Gasteiger partial charge in [0.15, 0.2) is 0 Å². The van der Waals surface area contributed by atoms with Gasteiger partial charge >= 0.3 is 0 Å². The fraction of sp³-hybridized carbons (Fsp3) is 0.417. The molecule has 1 saturated heterocycles. The van der Waals surface area contributed by atoms with Crippen molar-refractivity contribution in [2.45, 2.75) is 19.3 Å². The van der Waals surface area contributed by atoms with Crippen LogP contribution in [0.5, 0.6) is 5.75 Å². The summed E-state index contributed by atoms with van der Waals surface area (Å²) in [5.74, 6) is 1.05. The number of methoxy groups -OCH3 is 1. The van der Waals surface area contributed by atoms with Crippen LogP contribution in [-0.4, -0.2) is 19.6 Å². The van der Waals surface area contributed by atoms with Crippen molar-refractivity contribution in [2.24, 2.45) is 0 Å². The van der Waals surface area contributed by atoms with Crippen LogP contribution in [0.4, 0.5) is 5.69 Å². The largest absolute Gasteiger partial charge is 0.497 e. The molecule has 80 valence electrons. The molecule has 1 aliphatic rings. The summed E-state index contributed by atoms with van der Waals surface area (Å²) in [5, 5.41) is 0. The number of piperidine rings is 1. The summed E-state index contributed by atoms with van der Waals surface area (Å²) in [4.78, 5) is 13.5. The molecule has 15 heavy (non-hydrogen) atoms. The Kier molecular flexibility index (Phi) is 2.90. The second kappa shape index (κ2) is 4.34. The van der Waals surface area contributed by atoms with Gasteiger partial charge in [-0.2, -0.15) is 0 Å². The highest BCUT2D eigenvalue weighted by molar-refractivity contribution is 5.93. The molecule has 1 aromatic carbocycles. The molecule has 3 nitrogen and oxygen atoms in total. The van der Waals surface area contributed by atoms with Crippen LogP contribution in [0.1, 0.15) is 19.3 Å². The lowest BCUT2D eigenvalue weighted by atomic mass is 10.1. The van der Waals surface area contributed by atoms with Gasteiger partial charge in [-0.15, -0.1) is 0 Å². The smallest absolute Gasteiger partial charge is 0.226 e. The highest BCUT2D eigenvalue weighted by Gasteiger charge is 2.19. The van der Waals surface area contributed by atoms with E-state index in [9.17, 15) is 4.79 Å². The second-order valence-corrected chi connectivity index (χ2v) is 3.70. The maximum absolute atomic E-state index is 11.6. The molecule has 1 aromatic rings. The predicted molar refractivity (Wildman–Crippen MR) is 59.2 cm³/mol. The van der Waals surface area contributed by atoms with E-state index >= 15 is 0 Å². The molecule has 0 N–H and O–H groups in total. The van der Waals surface area contributed by atoms with Gasteiger partial charge in [-0.25, -0.2) is 0 Å². The van der Waals surface area contributed by atoms with Crippen LogP contribution in [0.2, 0.25) is 0 Å². The van der Waals surface area contributed by atoms with Gasteiger partial charge in [0.1, 0.15) is 5.75 Å². The third-order valence-corrected chi connectivity index (χ3v) is 2.71. The monoisotopic (exact) mass is 205 g/mol. The van der Waals surface area contributed by atoms with Crippen molar-refractivity contribution in [3.63, 3.8) is 0 Å². The quantitative estimate of drug-likeness (QED) is 0.740. The van der Waals surface area contributed by atoms with Gasteiger partial charge < -0.3 is 9.64 Å². The molecule has 2 rings (SSSR count). The van der Waals surface area contributed by atoms with E-state index in [1.807, 2.05) is 29.2 Å². The zero-order valence-corrected chi connectivity index (χ0v) is 8.90. The van der Waals surface area contributed by atoms with Crippen LogP contribution in [-0.2, 0) is 4.79 Å². The lowest BCUT2D eigenvalue weighted by molar-refractivity contribution is -0.119. The number of ether oxygens (including phenoxy) is 1. The first-order valence-electron chi connectivity index (χ1n) is 5.25. The number of carbonyl (C=O) groups excluding carboxylic acids is 1. The standard InChI is InChI=1S/C12H15NO2/c1-15-11-7-5-10(6-8-11)13-9-3-2-4-12(13)14/h5-8H,2-4,9H2,1H3. The van der Waals surface area contributed by atoms with Crippen molar-refractivity contribution in [3.8, 4) is 5.75 Å². The maximum Gasteiger partial charge on any atom is 0.226 e. The first kappa shape index (κ1) is 10.0. The summed E-state index contributed by atoms with van der Waals surface area (Å²) in [7, 11) is 1.64. The Morgan fingerprint density at radius 2 is 1.93 bits per heavy atom. The van der Waals surface area contributed by atoms with Crippen LogP contribution in [0.25, 0.3) is 0 Å². The first-order valence-corrected chi connectivity index (χ1v) is 5.25. The maximum atomic E-state index is 11.6. The minimum atomic E-state index is 0.228. The van der Waals surface area contributed by atoms with Crippen molar-refractivity contribution in [2.75, 3.05) is 18.6 Å². The molecular formula is C12H15NO2. The summed E-state index contributed by atoms with van der Waals surface area (Å²) < 4.78 is 5.08. The van der Waals surface area contributed by atoms with Crippen molar-refractivity contribution in [3.05, 3.63) is 24.3 Å². The second-order valence-electron chi connectivity index (χ2n) is 3.70. The fourth-order valence-corrected chi connectivity index (χ4v) is 1.84. The third-order valence-electron chi connectivity index (χ3n) is 2.71. The number of hydrogen-bond donors (Lipinski definition) is 0. The summed E-state index contributed by atoms with van der Waals surface area (Å²) >= 11 is 0. The molecule has 1 aliphatic heterocycles. The van der Waals surface area contributed by atoms with E-state index in [1.54, 1.807) is 7.11 Å². The Hall–Kier alpha value is -1.51. The molecule has 0 saturated carbocycles. The van der Waals surface area contributed by atoms with E-state index in [4.69, 9.17) is 4.74 Å². The minimum absolute atomic E-state index is 0.228. The van der Waals surface area contributed by atoms with Gasteiger partial charge in [-0.1, -0.05) is 0 Å². The number of rotatable bonds is 2. The van der Waals surface area contributed by atoms with E-state index in [2.05, 4.69) is 0 Å². The molecular weight excluding hydrogens is 190 g/mol. The van der Waals surface area contributed by atoms with Crippen molar-refractivity contribution in [1.82, 2.24) is 0 Å². The number of amides is 1. The SMILES string of the molecule is COc1ccc(N2CCCCC2=O)cc1. The lowest BCUT2D eigenvalue weighted by Crippen LogP contribution is -2.35. The molecule has 0 bridgehead atoms. The number of carbonyl (C=O) groups is 1. The Balaban J connectivity index is 2.17. The predicted octanol–water partition coefficient (Wildman–Crippen LogP) is 2.21. The average Bonchev–Trinajstić information content (AvgIpc) is 2.30. The molecule has 1 heterocycles. The Morgan fingerprint density at radius 1 is 1.20 bits per heavy atom. The minimum Gasteiger partial charge on any atom is -0.497 e. The summed E-state index contributed by atoms with van der Waals surface area (Å²) in [6.07, 6.45) is 2.79. The van der Waals surface area contributed by atoms with Gasteiger partial charge in [0.05, 0.1) is 7.11 Å². The van der Waals surface area contributed by atoms with Gasteiger partial charge in [-0.05, 0) is 37.1 Å². The van der Waals surface area contributed by atoms with Crippen molar-refractivity contribution in [1.29, 1.82) is 0 Å². The Morgan fingerprint density at radius 3 is 2.53 bits per heavy atom. The van der Waals surface area contributed by atoms with Crippen LogP contribution in [0, 0.1) is 0 Å². The van der Waals surface area contributed by atoms with E-state index in [-0.39, 0.29) is 5.91 Å². The van der Waals surface area contributed by atoms with Crippen molar-refractivity contribution >= 4 is 11.6 Å². The molecule has 0 aliphatic carbocycles. The van der Waals surface area contributed by atoms with Crippen LogP contribution < -0.4 is 9.64 Å². The van der Waals surface area contributed by atoms with Crippen LogP contribution in [0.3, 0.4) is 0 Å². The molecule has 1 amide bonds. The lowest BCUT2D eigenvalue weighted by Gasteiger charge is -2.26. The Labute approximate surface area is 89.7 Å². The number of nitrogens with zero attached hydrogens (tertiary/aromatic N) is 1. The normalized spacial score (nSPS) is 16.6. The van der Waals surface area contributed by atoms with E-state index in [1.165, 1.54) is 0 Å². The fourth-order valence-electron chi connectivity index (χ4n) is 1.84. The number of benzene rings is 1. The zero-order valence-electron chi connectivity index (χ0n) is 8.90. The summed E-state index contributed by atoms with van der Waals surface area (Å²) in [5.41, 5.74) is 0.973. The van der Waals surface area contributed by atoms with E-state index < -0.39 is 0 Å². The highest BCUT2D eigenvalue weighted by Crippen LogP contribution is 2.23. The zero-order chi connectivity index (χ0) is 10.7. The van der Waals surface area contributed by atoms with Gasteiger partial charge in [0.2, 0.25) is 5.91 Å². The van der Waals surface area contributed by atoms with E-state index in [0.717, 1.165) is 30.8 Å². The third kappa shape index (κ3) is 2.12. The molecule has 0 radical (unpaired) electrons. The van der Waals surface area contributed by atoms with Crippen LogP contribution in [0.15, 0.2) is 24.3 Å². The first-order chi connectivity index (χ1) is 7.31. The molecule has 0 atom stereocenters. The molecule has 0 spiro atoms. The molecule has 3 heteroatoms. The van der Waals surface area contributed by atoms with Gasteiger partial charge in [0.25, 0.3) is 0 Å². The topological polar surface area (TPSA) is 29.5 Å². The Bertz CT molecular complexity index is 345. The van der Waals surface area contributed by atoms with Gasteiger partial charge in [-0.3, -0.25) is 4.79 Å². The highest BCUT2D eigenvalue weighted by atomic mass is 16.5. The average molecular weight is 205 g/mol. The van der Waals surface area contributed by atoms with Gasteiger partial charge in [0, 0.05) is 18.7 Å². The van der Waals surface area contributed by atoms with Crippen LogP contribution >= 0.6 is 0 Å². The summed E-state index contributed by atoms with van der Waals surface area (Å²) in [6, 6.07) is 7.64. The van der Waals surface area contributed by atoms with Crippen molar-refractivity contribution < 1.29 is 9.53 Å². The molecule has 0 unspecified atom stereocenters. The number of hydrogen-bond acceptors (Lipinski definition) is 2. The molecule has 0 aromatic heterocycles. The van der Waals surface area contributed by atoms with E-state index in [0.29, 0.717) is 6.42 Å². The number of anilines is 1.